The molecule has 0 aliphatic carbocycles. The molecule has 2 aromatic carbocycles. The summed E-state index contributed by atoms with van der Waals surface area (Å²) in [5.74, 6) is 1.12. The fraction of sp³-hybridized carbons (Fsp3) is 0.385. The van der Waals surface area contributed by atoms with Gasteiger partial charge in [-0.05, 0) is 57.0 Å². The largest absolute Gasteiger partial charge is 0.497 e. The lowest BCUT2D eigenvalue weighted by Crippen LogP contribution is -2.34. The Bertz CT molecular complexity index is 1030. The molecule has 0 fully saturated rings. The topological polar surface area (TPSA) is 86.3 Å². The molecule has 0 radical (unpaired) electrons. The lowest BCUT2D eigenvalue weighted by Gasteiger charge is -2.16. The molecule has 0 atom stereocenters. The summed E-state index contributed by atoms with van der Waals surface area (Å²) in [7, 11) is 1.58. The molecular weight excluding hydrogens is 436 g/mol. The average molecular weight is 469 g/mol. The van der Waals surface area contributed by atoms with Gasteiger partial charge in [-0.15, -0.1) is 0 Å². The standard InChI is InChI=1S/C26H32N2O6/c1-5-32-16-8-15-28-25(29)23(18-9-12-20(31-4)13-10-18)24(26(28)30)27-19-11-14-21(33-6-2)22(17-19)34-7-3/h9-14,17,27H,5-8,15-16H2,1-4H3. The van der Waals surface area contributed by atoms with E-state index < -0.39 is 0 Å². The molecule has 0 saturated heterocycles. The van der Waals surface area contributed by atoms with Crippen LogP contribution in [0.25, 0.3) is 5.57 Å². The smallest absolute Gasteiger partial charge is 0.278 e. The minimum atomic E-state index is -0.376. The van der Waals surface area contributed by atoms with Gasteiger partial charge in [0.15, 0.2) is 11.5 Å². The quantitative estimate of drug-likeness (QED) is 0.350. The number of imide groups is 1. The van der Waals surface area contributed by atoms with Crippen LogP contribution in [0.4, 0.5) is 5.69 Å². The van der Waals surface area contributed by atoms with Gasteiger partial charge in [0.25, 0.3) is 11.8 Å². The number of carbonyl (C=O) groups is 2. The van der Waals surface area contributed by atoms with Crippen LogP contribution >= 0.6 is 0 Å². The Morgan fingerprint density at radius 2 is 1.56 bits per heavy atom. The highest BCUT2D eigenvalue weighted by atomic mass is 16.5. The van der Waals surface area contributed by atoms with Crippen molar-refractivity contribution >= 4 is 23.1 Å². The predicted octanol–water partition coefficient (Wildman–Crippen LogP) is 4.11. The zero-order valence-corrected chi connectivity index (χ0v) is 20.2. The Hall–Kier alpha value is -3.52. The van der Waals surface area contributed by atoms with Crippen molar-refractivity contribution in [2.75, 3.05) is 45.4 Å². The van der Waals surface area contributed by atoms with E-state index in [1.54, 1.807) is 49.6 Å². The van der Waals surface area contributed by atoms with Gasteiger partial charge in [0.1, 0.15) is 11.4 Å². The van der Waals surface area contributed by atoms with Crippen LogP contribution in [0.1, 0.15) is 32.8 Å². The number of anilines is 1. The van der Waals surface area contributed by atoms with Gasteiger partial charge in [0.2, 0.25) is 0 Å². The predicted molar refractivity (Wildman–Crippen MR) is 130 cm³/mol. The van der Waals surface area contributed by atoms with Crippen molar-refractivity contribution in [3.63, 3.8) is 0 Å². The molecule has 1 aliphatic rings. The minimum absolute atomic E-state index is 0.221. The van der Waals surface area contributed by atoms with Crippen LogP contribution in [0.15, 0.2) is 48.2 Å². The highest BCUT2D eigenvalue weighted by Crippen LogP contribution is 2.35. The lowest BCUT2D eigenvalue weighted by molar-refractivity contribution is -0.137. The number of nitrogens with one attached hydrogen (secondary N) is 1. The number of hydrogen-bond donors (Lipinski definition) is 1. The second kappa shape index (κ2) is 12.1. The average Bonchev–Trinajstić information content (AvgIpc) is 3.07. The molecule has 34 heavy (non-hydrogen) atoms. The first-order valence-electron chi connectivity index (χ1n) is 11.5. The third-order valence-electron chi connectivity index (χ3n) is 5.23. The molecule has 1 aliphatic heterocycles. The maximum atomic E-state index is 13.3. The van der Waals surface area contributed by atoms with Gasteiger partial charge >= 0.3 is 0 Å². The highest BCUT2D eigenvalue weighted by Gasteiger charge is 2.39. The van der Waals surface area contributed by atoms with Crippen molar-refractivity contribution < 1.29 is 28.5 Å². The number of rotatable bonds is 13. The molecule has 182 valence electrons. The summed E-state index contributed by atoms with van der Waals surface area (Å²) in [5, 5.41) is 3.17. The number of hydrogen-bond acceptors (Lipinski definition) is 7. The Labute approximate surface area is 200 Å². The molecule has 8 heteroatoms. The second-order valence-electron chi connectivity index (χ2n) is 7.44. The first-order chi connectivity index (χ1) is 16.5. The molecule has 1 N–H and O–H groups in total. The van der Waals surface area contributed by atoms with E-state index in [-0.39, 0.29) is 24.1 Å². The van der Waals surface area contributed by atoms with E-state index in [1.165, 1.54) is 4.90 Å². The van der Waals surface area contributed by atoms with E-state index in [1.807, 2.05) is 20.8 Å². The minimum Gasteiger partial charge on any atom is -0.497 e. The summed E-state index contributed by atoms with van der Waals surface area (Å²) in [6.45, 7) is 8.00. The van der Waals surface area contributed by atoms with Gasteiger partial charge in [-0.1, -0.05) is 12.1 Å². The Morgan fingerprint density at radius 3 is 2.21 bits per heavy atom. The molecule has 2 amide bonds. The summed E-state index contributed by atoms with van der Waals surface area (Å²) < 4.78 is 21.9. The van der Waals surface area contributed by atoms with Crippen LogP contribution in [0.5, 0.6) is 17.2 Å². The van der Waals surface area contributed by atoms with Crippen LogP contribution in [0.3, 0.4) is 0 Å². The van der Waals surface area contributed by atoms with Crippen LogP contribution in [0.2, 0.25) is 0 Å². The molecule has 1 heterocycles. The molecule has 0 aromatic heterocycles. The number of benzene rings is 2. The number of amides is 2. The Morgan fingerprint density at radius 1 is 0.853 bits per heavy atom. The van der Waals surface area contributed by atoms with Gasteiger partial charge in [-0.2, -0.15) is 0 Å². The van der Waals surface area contributed by atoms with Crippen molar-refractivity contribution in [3.8, 4) is 17.2 Å². The van der Waals surface area contributed by atoms with Crippen molar-refractivity contribution in [2.24, 2.45) is 0 Å². The molecule has 0 bridgehead atoms. The van der Waals surface area contributed by atoms with Crippen molar-refractivity contribution in [1.29, 1.82) is 0 Å². The zero-order chi connectivity index (χ0) is 24.5. The van der Waals surface area contributed by atoms with E-state index in [0.717, 1.165) is 0 Å². The van der Waals surface area contributed by atoms with E-state index in [9.17, 15) is 9.59 Å². The van der Waals surface area contributed by atoms with Gasteiger partial charge in [-0.3, -0.25) is 14.5 Å². The summed E-state index contributed by atoms with van der Waals surface area (Å²) in [5.41, 5.74) is 1.78. The fourth-order valence-corrected chi connectivity index (χ4v) is 3.66. The van der Waals surface area contributed by atoms with E-state index in [0.29, 0.717) is 66.9 Å². The first-order valence-corrected chi connectivity index (χ1v) is 11.5. The van der Waals surface area contributed by atoms with Gasteiger partial charge in [0.05, 0.1) is 25.9 Å². The second-order valence-corrected chi connectivity index (χ2v) is 7.44. The van der Waals surface area contributed by atoms with Crippen LogP contribution < -0.4 is 19.5 Å². The molecule has 0 unspecified atom stereocenters. The van der Waals surface area contributed by atoms with E-state index >= 15 is 0 Å². The Balaban J connectivity index is 1.96. The van der Waals surface area contributed by atoms with Crippen LogP contribution in [0, 0.1) is 0 Å². The zero-order valence-electron chi connectivity index (χ0n) is 20.2. The van der Waals surface area contributed by atoms with Crippen LogP contribution in [-0.2, 0) is 14.3 Å². The number of carbonyl (C=O) groups excluding carboxylic acids is 2. The molecule has 2 aromatic rings. The Kier molecular flexibility index (Phi) is 8.93. The monoisotopic (exact) mass is 468 g/mol. The molecule has 3 rings (SSSR count). The lowest BCUT2D eigenvalue weighted by atomic mass is 10.0. The third-order valence-corrected chi connectivity index (χ3v) is 5.23. The molecular formula is C26H32N2O6. The van der Waals surface area contributed by atoms with E-state index in [2.05, 4.69) is 5.32 Å². The van der Waals surface area contributed by atoms with Crippen molar-refractivity contribution in [2.45, 2.75) is 27.2 Å². The number of nitrogens with zero attached hydrogens (tertiary/aromatic N) is 1. The normalized spacial score (nSPS) is 13.5. The number of methoxy groups -OCH3 is 1. The van der Waals surface area contributed by atoms with Gasteiger partial charge in [-0.25, -0.2) is 0 Å². The summed E-state index contributed by atoms with van der Waals surface area (Å²) >= 11 is 0. The first kappa shape index (κ1) is 25.1. The SMILES string of the molecule is CCOCCCN1C(=O)C(Nc2ccc(OCC)c(OCC)c2)=C(c2ccc(OC)cc2)C1=O. The van der Waals surface area contributed by atoms with E-state index in [4.69, 9.17) is 18.9 Å². The molecule has 8 nitrogen and oxygen atoms in total. The van der Waals surface area contributed by atoms with Gasteiger partial charge < -0.3 is 24.3 Å². The molecule has 0 spiro atoms. The van der Waals surface area contributed by atoms with Crippen molar-refractivity contribution in [1.82, 2.24) is 4.90 Å². The number of ether oxygens (including phenoxy) is 4. The van der Waals surface area contributed by atoms with Crippen molar-refractivity contribution in [3.05, 3.63) is 53.7 Å². The van der Waals surface area contributed by atoms with Crippen LogP contribution in [-0.4, -0.2) is 56.8 Å². The summed E-state index contributed by atoms with van der Waals surface area (Å²) in [6.07, 6.45) is 0.562. The summed E-state index contributed by atoms with van der Waals surface area (Å²) in [6, 6.07) is 12.4. The third kappa shape index (κ3) is 5.69. The maximum Gasteiger partial charge on any atom is 0.278 e. The van der Waals surface area contributed by atoms with Gasteiger partial charge in [0, 0.05) is 31.5 Å². The summed E-state index contributed by atoms with van der Waals surface area (Å²) in [4.78, 5) is 27.9. The molecule has 0 saturated carbocycles. The highest BCUT2D eigenvalue weighted by molar-refractivity contribution is 6.36. The fourth-order valence-electron chi connectivity index (χ4n) is 3.66. The maximum absolute atomic E-state index is 13.3.